The first-order chi connectivity index (χ1) is 7.45. The molecule has 1 rings (SSSR count). The van der Waals surface area contributed by atoms with Crippen molar-refractivity contribution >= 4 is 11.9 Å². The molecule has 1 aliphatic rings. The maximum atomic E-state index is 11.2. The van der Waals surface area contributed by atoms with Crippen LogP contribution in [-0.4, -0.2) is 35.9 Å². The van der Waals surface area contributed by atoms with Crippen molar-refractivity contribution in [1.29, 1.82) is 0 Å². The van der Waals surface area contributed by atoms with Crippen molar-refractivity contribution in [3.05, 3.63) is 12.7 Å². The highest BCUT2D eigenvalue weighted by Gasteiger charge is 2.56. The molecule has 0 amide bonds. The molecule has 16 heavy (non-hydrogen) atoms. The number of carbonyl (C=O) groups is 2. The number of aliphatic hydroxyl groups is 1. The van der Waals surface area contributed by atoms with Crippen LogP contribution in [0.1, 0.15) is 20.3 Å². The summed E-state index contributed by atoms with van der Waals surface area (Å²) in [6.45, 7) is 6.60. The third kappa shape index (κ3) is 2.09. The lowest BCUT2D eigenvalue weighted by Gasteiger charge is -2.45. The van der Waals surface area contributed by atoms with Crippen LogP contribution in [0.5, 0.6) is 0 Å². The van der Waals surface area contributed by atoms with Gasteiger partial charge in [-0.05, 0) is 13.3 Å². The van der Waals surface area contributed by atoms with Crippen molar-refractivity contribution in [2.45, 2.75) is 32.5 Å². The number of hydrogen-bond acceptors (Lipinski definition) is 5. The summed E-state index contributed by atoms with van der Waals surface area (Å²) in [7, 11) is 0. The SMILES string of the molecule is C=CC(=O)OCC(O)C1OC(=O)C1(C)CC. The molecule has 90 valence electrons. The Morgan fingerprint density at radius 2 is 2.44 bits per heavy atom. The van der Waals surface area contributed by atoms with E-state index in [1.807, 2.05) is 6.92 Å². The zero-order valence-electron chi connectivity index (χ0n) is 9.43. The Morgan fingerprint density at radius 3 is 2.88 bits per heavy atom. The minimum Gasteiger partial charge on any atom is -0.460 e. The standard InChI is InChI=1S/C11H16O5/c1-4-8(13)15-6-7(12)9-11(3,5-2)10(14)16-9/h4,7,9,12H,1,5-6H2,2-3H3. The molecule has 5 heteroatoms. The van der Waals surface area contributed by atoms with Crippen LogP contribution in [0.15, 0.2) is 12.7 Å². The summed E-state index contributed by atoms with van der Waals surface area (Å²) in [5.74, 6) is -0.933. The van der Waals surface area contributed by atoms with Gasteiger partial charge in [0.1, 0.15) is 24.2 Å². The number of aliphatic hydroxyl groups excluding tert-OH is 1. The lowest BCUT2D eigenvalue weighted by atomic mass is 9.75. The molecule has 0 radical (unpaired) electrons. The molecule has 0 saturated carbocycles. The van der Waals surface area contributed by atoms with Crippen LogP contribution in [-0.2, 0) is 19.1 Å². The van der Waals surface area contributed by atoms with Gasteiger partial charge in [0, 0.05) is 6.08 Å². The van der Waals surface area contributed by atoms with Crippen molar-refractivity contribution in [1.82, 2.24) is 0 Å². The van der Waals surface area contributed by atoms with Gasteiger partial charge in [-0.2, -0.15) is 0 Å². The Bertz CT molecular complexity index is 311. The quantitative estimate of drug-likeness (QED) is 0.545. The summed E-state index contributed by atoms with van der Waals surface area (Å²) in [4.78, 5) is 22.0. The van der Waals surface area contributed by atoms with Gasteiger partial charge in [0.15, 0.2) is 0 Å². The summed E-state index contributed by atoms with van der Waals surface area (Å²) in [5.41, 5.74) is -0.681. The van der Waals surface area contributed by atoms with Crippen LogP contribution in [0.25, 0.3) is 0 Å². The molecule has 1 N–H and O–H groups in total. The highest BCUT2D eigenvalue weighted by atomic mass is 16.6. The predicted octanol–water partition coefficient (Wildman–Crippen LogP) is 0.418. The Hall–Kier alpha value is -1.36. The van der Waals surface area contributed by atoms with E-state index in [-0.39, 0.29) is 12.6 Å². The van der Waals surface area contributed by atoms with E-state index in [2.05, 4.69) is 11.3 Å². The second-order valence-corrected chi connectivity index (χ2v) is 4.00. The predicted molar refractivity (Wildman–Crippen MR) is 55.4 cm³/mol. The minimum absolute atomic E-state index is 0.196. The summed E-state index contributed by atoms with van der Waals surface area (Å²) in [6.07, 6.45) is -0.0178. The summed E-state index contributed by atoms with van der Waals surface area (Å²) >= 11 is 0. The largest absolute Gasteiger partial charge is 0.460 e. The fourth-order valence-electron chi connectivity index (χ4n) is 1.60. The highest BCUT2D eigenvalue weighted by molar-refractivity contribution is 5.83. The maximum absolute atomic E-state index is 11.2. The molecule has 0 aromatic heterocycles. The van der Waals surface area contributed by atoms with Crippen molar-refractivity contribution in [2.24, 2.45) is 5.41 Å². The number of cyclic esters (lactones) is 1. The molecule has 0 aromatic carbocycles. The van der Waals surface area contributed by atoms with Gasteiger partial charge in [0.25, 0.3) is 0 Å². The average molecular weight is 228 g/mol. The van der Waals surface area contributed by atoms with E-state index in [0.717, 1.165) is 6.08 Å². The number of hydrogen-bond donors (Lipinski definition) is 1. The zero-order chi connectivity index (χ0) is 12.3. The van der Waals surface area contributed by atoms with Crippen LogP contribution in [0, 0.1) is 5.41 Å². The van der Waals surface area contributed by atoms with Crippen molar-refractivity contribution in [3.63, 3.8) is 0 Å². The molecule has 1 saturated heterocycles. The summed E-state index contributed by atoms with van der Waals surface area (Å²) in [6, 6.07) is 0. The van der Waals surface area contributed by atoms with Gasteiger partial charge in [-0.15, -0.1) is 0 Å². The number of esters is 2. The molecule has 3 unspecified atom stereocenters. The molecular formula is C11H16O5. The first-order valence-electron chi connectivity index (χ1n) is 5.14. The van der Waals surface area contributed by atoms with Crippen molar-refractivity contribution in [3.8, 4) is 0 Å². The third-order valence-electron chi connectivity index (χ3n) is 2.98. The Kier molecular flexibility index (Phi) is 3.70. The van der Waals surface area contributed by atoms with E-state index in [1.54, 1.807) is 6.92 Å². The normalized spacial score (nSPS) is 29.9. The van der Waals surface area contributed by atoms with Crippen LogP contribution in [0.3, 0.4) is 0 Å². The molecule has 1 aliphatic heterocycles. The van der Waals surface area contributed by atoms with E-state index >= 15 is 0 Å². The maximum Gasteiger partial charge on any atom is 0.330 e. The van der Waals surface area contributed by atoms with Crippen LogP contribution in [0.4, 0.5) is 0 Å². The van der Waals surface area contributed by atoms with Crippen LogP contribution >= 0.6 is 0 Å². The topological polar surface area (TPSA) is 72.8 Å². The molecular weight excluding hydrogens is 212 g/mol. The fourth-order valence-corrected chi connectivity index (χ4v) is 1.60. The van der Waals surface area contributed by atoms with E-state index in [1.165, 1.54) is 0 Å². The minimum atomic E-state index is -0.994. The van der Waals surface area contributed by atoms with E-state index < -0.39 is 23.6 Å². The number of ether oxygens (including phenoxy) is 2. The first kappa shape index (κ1) is 12.7. The molecule has 3 atom stereocenters. The smallest absolute Gasteiger partial charge is 0.330 e. The Balaban J connectivity index is 2.50. The van der Waals surface area contributed by atoms with Crippen molar-refractivity contribution in [2.75, 3.05) is 6.61 Å². The van der Waals surface area contributed by atoms with E-state index in [9.17, 15) is 14.7 Å². The molecule has 0 bridgehead atoms. The van der Waals surface area contributed by atoms with Crippen LogP contribution < -0.4 is 0 Å². The first-order valence-corrected chi connectivity index (χ1v) is 5.14. The molecule has 1 fully saturated rings. The lowest BCUT2D eigenvalue weighted by molar-refractivity contribution is -0.224. The second-order valence-electron chi connectivity index (χ2n) is 4.00. The van der Waals surface area contributed by atoms with Gasteiger partial charge < -0.3 is 14.6 Å². The van der Waals surface area contributed by atoms with Gasteiger partial charge in [-0.3, -0.25) is 4.79 Å². The molecule has 0 spiro atoms. The molecule has 1 heterocycles. The van der Waals surface area contributed by atoms with Gasteiger partial charge >= 0.3 is 11.9 Å². The zero-order valence-corrected chi connectivity index (χ0v) is 9.43. The van der Waals surface area contributed by atoms with Gasteiger partial charge in [-0.25, -0.2) is 4.79 Å². The van der Waals surface area contributed by atoms with Gasteiger partial charge in [0.2, 0.25) is 0 Å². The molecule has 5 nitrogen and oxygen atoms in total. The lowest BCUT2D eigenvalue weighted by Crippen LogP contribution is -2.60. The van der Waals surface area contributed by atoms with Gasteiger partial charge in [-0.1, -0.05) is 13.5 Å². The monoisotopic (exact) mass is 228 g/mol. The fraction of sp³-hybridized carbons (Fsp3) is 0.636. The van der Waals surface area contributed by atoms with E-state index in [4.69, 9.17) is 4.74 Å². The Morgan fingerprint density at radius 1 is 1.81 bits per heavy atom. The number of carbonyl (C=O) groups excluding carboxylic acids is 2. The second kappa shape index (κ2) is 4.65. The van der Waals surface area contributed by atoms with Crippen LogP contribution in [0.2, 0.25) is 0 Å². The van der Waals surface area contributed by atoms with Crippen molar-refractivity contribution < 1.29 is 24.2 Å². The van der Waals surface area contributed by atoms with E-state index in [0.29, 0.717) is 6.42 Å². The summed E-state index contributed by atoms with van der Waals surface area (Å²) < 4.78 is 9.55. The third-order valence-corrected chi connectivity index (χ3v) is 2.98. The molecule has 0 aliphatic carbocycles. The molecule has 0 aromatic rings. The average Bonchev–Trinajstić information content (AvgIpc) is 2.30. The summed E-state index contributed by atoms with van der Waals surface area (Å²) in [5, 5.41) is 9.71. The number of rotatable bonds is 5. The van der Waals surface area contributed by atoms with Gasteiger partial charge in [0.05, 0.1) is 0 Å². The highest BCUT2D eigenvalue weighted by Crippen LogP contribution is 2.40. The Labute approximate surface area is 94.0 Å².